The maximum Gasteiger partial charge on any atom is 0.216 e. The Kier molecular flexibility index (Phi) is 6.61. The van der Waals surface area contributed by atoms with Gasteiger partial charge >= 0.3 is 0 Å². The second kappa shape index (κ2) is 8.46. The Labute approximate surface area is 135 Å². The normalized spacial score (nSPS) is 19.7. The molecule has 122 valence electrons. The summed E-state index contributed by atoms with van der Waals surface area (Å²) in [6, 6.07) is 4.99. The summed E-state index contributed by atoms with van der Waals surface area (Å²) in [5, 5.41) is 6.11. The van der Waals surface area contributed by atoms with Crippen LogP contribution in [0.25, 0.3) is 0 Å². The number of halogens is 2. The van der Waals surface area contributed by atoms with Gasteiger partial charge in [-0.3, -0.25) is 4.79 Å². The van der Waals surface area contributed by atoms with Crippen molar-refractivity contribution >= 4 is 17.5 Å². The number of nitrogens with one attached hydrogen (secondary N) is 2. The number of rotatable bonds is 6. The van der Waals surface area contributed by atoms with E-state index >= 15 is 0 Å². The zero-order valence-electron chi connectivity index (χ0n) is 12.7. The van der Waals surface area contributed by atoms with E-state index in [4.69, 9.17) is 16.3 Å². The smallest absolute Gasteiger partial charge is 0.216 e. The van der Waals surface area contributed by atoms with Crippen molar-refractivity contribution in [3.05, 3.63) is 34.6 Å². The molecule has 1 unspecified atom stereocenters. The van der Waals surface area contributed by atoms with Crippen molar-refractivity contribution in [3.8, 4) is 0 Å². The molecule has 4 nitrogen and oxygen atoms in total. The van der Waals surface area contributed by atoms with Crippen LogP contribution in [-0.2, 0) is 9.53 Å². The van der Waals surface area contributed by atoms with E-state index in [0.29, 0.717) is 18.7 Å². The largest absolute Gasteiger partial charge is 0.371 e. The summed E-state index contributed by atoms with van der Waals surface area (Å²) in [6.07, 6.45) is 1.66. The predicted molar refractivity (Wildman–Crippen MR) is 84.4 cm³/mol. The highest BCUT2D eigenvalue weighted by Gasteiger charge is 2.28. The van der Waals surface area contributed by atoms with Crippen LogP contribution in [0.15, 0.2) is 18.2 Å². The summed E-state index contributed by atoms with van der Waals surface area (Å²) < 4.78 is 20.2. The first-order chi connectivity index (χ1) is 10.6. The topological polar surface area (TPSA) is 50.4 Å². The Hall–Kier alpha value is -1.17. The second-order valence-corrected chi connectivity index (χ2v) is 5.93. The molecule has 0 spiro atoms. The van der Waals surface area contributed by atoms with Crippen LogP contribution in [0.2, 0.25) is 5.02 Å². The van der Waals surface area contributed by atoms with E-state index < -0.39 is 5.82 Å². The van der Waals surface area contributed by atoms with E-state index in [9.17, 15) is 9.18 Å². The summed E-state index contributed by atoms with van der Waals surface area (Å²) in [6.45, 7) is 3.98. The van der Waals surface area contributed by atoms with E-state index in [2.05, 4.69) is 10.6 Å². The standard InChI is InChI=1S/C16H22ClFN2O2/c1-11(21)20-8-9-22-16(12-4-3-7-19-10-12)13-5-2-6-14(17)15(13)18/h2,5-6,12,16,19H,3-4,7-10H2,1H3,(H,20,21)/t12?,16-/m0/s1. The van der Waals surface area contributed by atoms with Crippen LogP contribution in [0.4, 0.5) is 4.39 Å². The minimum atomic E-state index is -0.417. The zero-order valence-corrected chi connectivity index (χ0v) is 13.5. The fraction of sp³-hybridized carbons (Fsp3) is 0.562. The van der Waals surface area contributed by atoms with Gasteiger partial charge < -0.3 is 15.4 Å². The van der Waals surface area contributed by atoms with Gasteiger partial charge in [-0.2, -0.15) is 0 Å². The maximum absolute atomic E-state index is 14.3. The minimum absolute atomic E-state index is 0.103. The van der Waals surface area contributed by atoms with Crippen molar-refractivity contribution in [3.63, 3.8) is 0 Å². The Morgan fingerprint density at radius 3 is 3.09 bits per heavy atom. The van der Waals surface area contributed by atoms with E-state index in [1.165, 1.54) is 13.0 Å². The molecule has 1 heterocycles. The van der Waals surface area contributed by atoms with Gasteiger partial charge in [0.05, 0.1) is 17.7 Å². The highest BCUT2D eigenvalue weighted by Crippen LogP contribution is 2.34. The molecule has 0 radical (unpaired) electrons. The molecular weight excluding hydrogens is 307 g/mol. The van der Waals surface area contributed by atoms with Crippen molar-refractivity contribution < 1.29 is 13.9 Å². The number of ether oxygens (including phenoxy) is 1. The highest BCUT2D eigenvalue weighted by atomic mass is 35.5. The Morgan fingerprint density at radius 2 is 2.41 bits per heavy atom. The Morgan fingerprint density at radius 1 is 1.59 bits per heavy atom. The van der Waals surface area contributed by atoms with Crippen molar-refractivity contribution in [2.45, 2.75) is 25.9 Å². The van der Waals surface area contributed by atoms with Crippen molar-refractivity contribution in [1.82, 2.24) is 10.6 Å². The van der Waals surface area contributed by atoms with E-state index in [0.717, 1.165) is 25.9 Å². The molecule has 1 aliphatic heterocycles. The van der Waals surface area contributed by atoms with Gasteiger partial charge in [-0.15, -0.1) is 0 Å². The third-order valence-electron chi connectivity index (χ3n) is 3.82. The van der Waals surface area contributed by atoms with E-state index in [-0.39, 0.29) is 23.0 Å². The molecule has 1 fully saturated rings. The summed E-state index contributed by atoms with van der Waals surface area (Å²) >= 11 is 5.90. The fourth-order valence-electron chi connectivity index (χ4n) is 2.77. The third-order valence-corrected chi connectivity index (χ3v) is 4.12. The first kappa shape index (κ1) is 17.2. The molecule has 0 aliphatic carbocycles. The number of hydrogen-bond acceptors (Lipinski definition) is 3. The number of amides is 1. The molecule has 1 aromatic carbocycles. The summed E-state index contributed by atoms with van der Waals surface area (Å²) in [5.41, 5.74) is 0.490. The van der Waals surface area contributed by atoms with Crippen LogP contribution >= 0.6 is 11.6 Å². The lowest BCUT2D eigenvalue weighted by Crippen LogP contribution is -2.35. The SMILES string of the molecule is CC(=O)NCCO[C@H](c1cccc(Cl)c1F)C1CCCNC1. The van der Waals surface area contributed by atoms with Crippen molar-refractivity contribution in [2.75, 3.05) is 26.2 Å². The molecule has 2 atom stereocenters. The summed E-state index contributed by atoms with van der Waals surface area (Å²) in [4.78, 5) is 10.9. The number of carbonyl (C=O) groups excluding carboxylic acids is 1. The zero-order chi connectivity index (χ0) is 15.9. The van der Waals surface area contributed by atoms with Crippen LogP contribution in [0.1, 0.15) is 31.4 Å². The third kappa shape index (κ3) is 4.66. The first-order valence-corrected chi connectivity index (χ1v) is 7.98. The van der Waals surface area contributed by atoms with Gasteiger partial charge in [-0.05, 0) is 25.5 Å². The van der Waals surface area contributed by atoms with Gasteiger partial charge in [-0.25, -0.2) is 4.39 Å². The van der Waals surface area contributed by atoms with Gasteiger partial charge in [-0.1, -0.05) is 23.7 Å². The Balaban J connectivity index is 2.10. The molecule has 22 heavy (non-hydrogen) atoms. The molecule has 2 N–H and O–H groups in total. The average Bonchev–Trinajstić information content (AvgIpc) is 2.51. The van der Waals surface area contributed by atoms with Crippen molar-refractivity contribution in [2.24, 2.45) is 5.92 Å². The quantitative estimate of drug-likeness (QED) is 0.789. The maximum atomic E-state index is 14.3. The molecule has 1 aromatic rings. The lowest BCUT2D eigenvalue weighted by molar-refractivity contribution is -0.119. The lowest BCUT2D eigenvalue weighted by atomic mass is 9.89. The monoisotopic (exact) mass is 328 g/mol. The van der Waals surface area contributed by atoms with Crippen LogP contribution in [0.3, 0.4) is 0 Å². The van der Waals surface area contributed by atoms with Gasteiger partial charge in [0, 0.05) is 31.5 Å². The highest BCUT2D eigenvalue weighted by molar-refractivity contribution is 6.30. The van der Waals surface area contributed by atoms with Crippen LogP contribution in [0.5, 0.6) is 0 Å². The van der Waals surface area contributed by atoms with E-state index in [1.54, 1.807) is 12.1 Å². The van der Waals surface area contributed by atoms with Gasteiger partial charge in [0.25, 0.3) is 0 Å². The molecule has 1 amide bonds. The average molecular weight is 329 g/mol. The first-order valence-electron chi connectivity index (χ1n) is 7.60. The molecule has 0 bridgehead atoms. The Bertz CT molecular complexity index is 507. The van der Waals surface area contributed by atoms with Crippen LogP contribution < -0.4 is 10.6 Å². The predicted octanol–water partition coefficient (Wildman–Crippen LogP) is 2.67. The fourth-order valence-corrected chi connectivity index (χ4v) is 2.95. The summed E-state index contributed by atoms with van der Waals surface area (Å²) in [7, 11) is 0. The molecule has 0 saturated carbocycles. The molecular formula is C16H22ClFN2O2. The molecule has 1 aliphatic rings. The van der Waals surface area contributed by atoms with Gasteiger partial charge in [0.1, 0.15) is 5.82 Å². The molecule has 6 heteroatoms. The summed E-state index contributed by atoms with van der Waals surface area (Å²) in [5.74, 6) is -0.327. The minimum Gasteiger partial charge on any atom is -0.371 e. The van der Waals surface area contributed by atoms with Gasteiger partial charge in [0.15, 0.2) is 0 Å². The molecule has 2 rings (SSSR count). The number of benzene rings is 1. The molecule has 0 aromatic heterocycles. The van der Waals surface area contributed by atoms with Crippen LogP contribution in [0, 0.1) is 11.7 Å². The molecule has 1 saturated heterocycles. The lowest BCUT2D eigenvalue weighted by Gasteiger charge is -2.31. The van der Waals surface area contributed by atoms with Crippen molar-refractivity contribution in [1.29, 1.82) is 0 Å². The van der Waals surface area contributed by atoms with Crippen LogP contribution in [-0.4, -0.2) is 32.1 Å². The van der Waals surface area contributed by atoms with E-state index in [1.807, 2.05) is 0 Å². The second-order valence-electron chi connectivity index (χ2n) is 5.52. The number of carbonyl (C=O) groups is 1. The number of piperidine rings is 1. The van der Waals surface area contributed by atoms with Gasteiger partial charge in [0.2, 0.25) is 5.91 Å². The number of hydrogen-bond donors (Lipinski definition) is 2.